The minimum Gasteiger partial charge on any atom is -0.493 e. The number of fused-ring (bicyclic) bond motifs is 1. The van der Waals surface area contributed by atoms with E-state index in [2.05, 4.69) is 25.8 Å². The van der Waals surface area contributed by atoms with Crippen molar-refractivity contribution in [1.29, 1.82) is 0 Å². The van der Waals surface area contributed by atoms with Crippen molar-refractivity contribution in [2.75, 3.05) is 51.0 Å². The third-order valence-electron chi connectivity index (χ3n) is 8.88. The van der Waals surface area contributed by atoms with Gasteiger partial charge < -0.3 is 30.2 Å². The van der Waals surface area contributed by atoms with Crippen molar-refractivity contribution in [2.45, 2.75) is 25.7 Å². The first-order chi connectivity index (χ1) is 23.3. The lowest BCUT2D eigenvalue weighted by Gasteiger charge is -2.31. The van der Waals surface area contributed by atoms with E-state index in [0.717, 1.165) is 32.0 Å². The molecule has 12 heteroatoms. The maximum atomic E-state index is 15.3. The van der Waals surface area contributed by atoms with Crippen LogP contribution in [0.1, 0.15) is 25.7 Å². The zero-order valence-corrected chi connectivity index (χ0v) is 26.9. The summed E-state index contributed by atoms with van der Waals surface area (Å²) in [7, 11) is 3.19. The molecule has 48 heavy (non-hydrogen) atoms. The predicted octanol–water partition coefficient (Wildman–Crippen LogP) is 5.37. The number of rotatable bonds is 12. The fourth-order valence-corrected chi connectivity index (χ4v) is 5.78. The van der Waals surface area contributed by atoms with Crippen molar-refractivity contribution >= 4 is 40.0 Å². The number of halogens is 1. The van der Waals surface area contributed by atoms with E-state index in [9.17, 15) is 14.4 Å². The molecule has 3 N–H and O–H groups in total. The van der Waals surface area contributed by atoms with Crippen LogP contribution in [0, 0.1) is 17.2 Å². The van der Waals surface area contributed by atoms with Gasteiger partial charge in [-0.3, -0.25) is 24.3 Å². The molecule has 0 atom stereocenters. The number of hydrogen-bond acceptors (Lipinski definition) is 8. The number of carbonyl (C=O) groups is 3. The Morgan fingerprint density at radius 2 is 1.62 bits per heavy atom. The number of carbonyl (C=O) groups excluding carboxylic acids is 3. The van der Waals surface area contributed by atoms with Crippen molar-refractivity contribution in [1.82, 2.24) is 15.2 Å². The summed E-state index contributed by atoms with van der Waals surface area (Å²) in [5.74, 6) is 0.125. The average molecular weight is 656 g/mol. The van der Waals surface area contributed by atoms with Crippen molar-refractivity contribution in [2.24, 2.45) is 11.3 Å². The molecule has 1 aliphatic heterocycles. The number of likely N-dealkylation sites (tertiary alicyclic amines) is 1. The van der Waals surface area contributed by atoms with E-state index in [1.54, 1.807) is 62.8 Å². The van der Waals surface area contributed by atoms with Crippen molar-refractivity contribution in [3.8, 4) is 23.0 Å². The van der Waals surface area contributed by atoms with Crippen LogP contribution in [0.2, 0.25) is 0 Å². The summed E-state index contributed by atoms with van der Waals surface area (Å²) >= 11 is 0. The van der Waals surface area contributed by atoms with E-state index < -0.39 is 17.1 Å². The number of nitrogens with one attached hydrogen (secondary N) is 3. The number of piperidine rings is 1. The molecule has 1 saturated heterocycles. The Hall–Kier alpha value is -5.23. The molecule has 0 bridgehead atoms. The Balaban J connectivity index is 1.10. The van der Waals surface area contributed by atoms with Gasteiger partial charge in [0.15, 0.2) is 23.1 Å². The minimum absolute atomic E-state index is 0.0125. The molecule has 2 fully saturated rings. The molecule has 4 aromatic rings. The highest BCUT2D eigenvalue weighted by Crippen LogP contribution is 2.47. The largest absolute Gasteiger partial charge is 0.493 e. The number of methoxy groups -OCH3 is 1. The van der Waals surface area contributed by atoms with Gasteiger partial charge in [-0.25, -0.2) is 4.39 Å². The van der Waals surface area contributed by atoms with E-state index in [1.165, 1.54) is 12.1 Å². The molecule has 3 amide bonds. The number of aromatic nitrogens is 1. The summed E-state index contributed by atoms with van der Waals surface area (Å²) in [6.45, 7) is 2.56. The van der Waals surface area contributed by atoms with Gasteiger partial charge in [0.1, 0.15) is 11.2 Å². The van der Waals surface area contributed by atoms with Gasteiger partial charge in [-0.2, -0.15) is 0 Å². The molecule has 1 aromatic heterocycles. The van der Waals surface area contributed by atoms with E-state index >= 15 is 4.39 Å². The van der Waals surface area contributed by atoms with Crippen LogP contribution >= 0.6 is 0 Å². The highest BCUT2D eigenvalue weighted by Gasteiger charge is 2.56. The van der Waals surface area contributed by atoms with Gasteiger partial charge in [0, 0.05) is 42.1 Å². The first-order valence-electron chi connectivity index (χ1n) is 16.0. The van der Waals surface area contributed by atoms with E-state index in [4.69, 9.17) is 14.2 Å². The summed E-state index contributed by atoms with van der Waals surface area (Å²) in [6.07, 6.45) is 4.22. The van der Waals surface area contributed by atoms with Crippen molar-refractivity contribution < 1.29 is 33.0 Å². The van der Waals surface area contributed by atoms with E-state index in [1.807, 2.05) is 6.07 Å². The van der Waals surface area contributed by atoms with Crippen molar-refractivity contribution in [3.05, 3.63) is 78.7 Å². The lowest BCUT2D eigenvalue weighted by molar-refractivity contribution is -0.131. The number of ether oxygens (including phenoxy) is 3. The zero-order valence-electron chi connectivity index (χ0n) is 26.9. The molecule has 250 valence electrons. The first-order valence-corrected chi connectivity index (χ1v) is 16.0. The molecule has 3 aromatic carbocycles. The molecule has 1 aliphatic carbocycles. The molecule has 2 heterocycles. The topological polar surface area (TPSA) is 131 Å². The molecule has 1 saturated carbocycles. The van der Waals surface area contributed by atoms with Gasteiger partial charge in [0.2, 0.25) is 17.7 Å². The summed E-state index contributed by atoms with van der Waals surface area (Å²) < 4.78 is 33.1. The zero-order chi connectivity index (χ0) is 33.7. The van der Waals surface area contributed by atoms with Crippen LogP contribution in [0.4, 0.5) is 15.8 Å². The normalized spacial score (nSPS) is 15.7. The molecular formula is C36H38FN5O6. The molecule has 0 unspecified atom stereocenters. The van der Waals surface area contributed by atoms with Gasteiger partial charge in [0.05, 0.1) is 25.8 Å². The van der Waals surface area contributed by atoms with Gasteiger partial charge in [-0.05, 0) is 81.1 Å². The number of anilines is 2. The Labute approximate surface area is 277 Å². The van der Waals surface area contributed by atoms with Crippen LogP contribution in [0.5, 0.6) is 23.0 Å². The number of para-hydroxylation sites is 1. The summed E-state index contributed by atoms with van der Waals surface area (Å²) in [5.41, 5.74) is 0.205. The second kappa shape index (κ2) is 14.3. The fourth-order valence-electron chi connectivity index (χ4n) is 5.78. The molecule has 11 nitrogen and oxygen atoms in total. The average Bonchev–Trinajstić information content (AvgIpc) is 3.92. The van der Waals surface area contributed by atoms with Crippen LogP contribution in [0.15, 0.2) is 72.9 Å². The van der Waals surface area contributed by atoms with Gasteiger partial charge in [-0.1, -0.05) is 18.2 Å². The number of pyridine rings is 1. The lowest BCUT2D eigenvalue weighted by Crippen LogP contribution is -2.41. The third kappa shape index (κ3) is 7.33. The monoisotopic (exact) mass is 655 g/mol. The number of amides is 3. The van der Waals surface area contributed by atoms with E-state index in [0.29, 0.717) is 65.8 Å². The lowest BCUT2D eigenvalue weighted by atomic mass is 9.98. The number of nitrogens with zero attached hydrogens (tertiary/aromatic N) is 2. The summed E-state index contributed by atoms with van der Waals surface area (Å²) in [6, 6.07) is 18.2. The Kier molecular flexibility index (Phi) is 9.72. The number of likely N-dealkylation sites (N-methyl/N-ethyl adjacent to an activating group) is 1. The Morgan fingerprint density at radius 3 is 2.29 bits per heavy atom. The van der Waals surface area contributed by atoms with Crippen LogP contribution in [-0.4, -0.2) is 68.0 Å². The smallest absolute Gasteiger partial charge is 0.240 e. The van der Waals surface area contributed by atoms with Crippen LogP contribution in [0.3, 0.4) is 0 Å². The minimum atomic E-state index is -1.19. The Bertz CT molecular complexity index is 1810. The highest BCUT2D eigenvalue weighted by atomic mass is 19.1. The summed E-state index contributed by atoms with van der Waals surface area (Å²) in [4.78, 5) is 44.2. The van der Waals surface area contributed by atoms with Gasteiger partial charge in [-0.15, -0.1) is 0 Å². The van der Waals surface area contributed by atoms with Crippen molar-refractivity contribution in [3.63, 3.8) is 0 Å². The molecule has 2 aliphatic rings. The fraction of sp³-hybridized carbons (Fsp3) is 0.333. The number of hydrogen-bond donors (Lipinski definition) is 3. The molecule has 0 radical (unpaired) electrons. The number of benzene rings is 3. The van der Waals surface area contributed by atoms with Gasteiger partial charge >= 0.3 is 0 Å². The van der Waals surface area contributed by atoms with Crippen LogP contribution in [-0.2, 0) is 14.4 Å². The van der Waals surface area contributed by atoms with Crippen LogP contribution < -0.4 is 30.2 Å². The highest BCUT2D eigenvalue weighted by molar-refractivity contribution is 6.16. The molecule has 0 spiro atoms. The third-order valence-corrected chi connectivity index (χ3v) is 8.88. The standard InChI is InChI=1S/C36H38FN5O6/c1-38-33(43)21-42-16-11-23(12-17-42)22-47-32-20-28-26(19-31(32)46-2)29(10-15-39-28)48-30-9-8-25(18-27(30)37)41-35(45)36(13-14-36)34(44)40-24-6-4-3-5-7-24/h3-10,15,18-20,23H,11-14,16-17,21-22H2,1-2H3,(H,38,43)(H,40,44)(H,41,45). The SMILES string of the molecule is CNC(=O)CN1CCC(COc2cc3nccc(Oc4ccc(NC(=O)C5(C(=O)Nc6ccccc6)CC5)cc4F)c3cc2OC)CC1. The quantitative estimate of drug-likeness (QED) is 0.174. The Morgan fingerprint density at radius 1 is 0.896 bits per heavy atom. The second-order valence-electron chi connectivity index (χ2n) is 12.1. The van der Waals surface area contributed by atoms with Crippen LogP contribution in [0.25, 0.3) is 10.9 Å². The first kappa shape index (κ1) is 32.7. The molecule has 6 rings (SSSR count). The maximum absolute atomic E-state index is 15.3. The maximum Gasteiger partial charge on any atom is 0.240 e. The molecular weight excluding hydrogens is 617 g/mol. The van der Waals surface area contributed by atoms with Gasteiger partial charge in [0.25, 0.3) is 0 Å². The summed E-state index contributed by atoms with van der Waals surface area (Å²) in [5, 5.41) is 8.74. The second-order valence-corrected chi connectivity index (χ2v) is 12.1. The predicted molar refractivity (Wildman–Crippen MR) is 179 cm³/mol. The van der Waals surface area contributed by atoms with E-state index in [-0.39, 0.29) is 23.3 Å².